The number of oxazole rings is 1. The van der Waals surface area contributed by atoms with Gasteiger partial charge in [-0.05, 0) is 37.5 Å². The van der Waals surface area contributed by atoms with Crippen molar-refractivity contribution in [3.05, 3.63) is 29.5 Å². The number of rotatable bonds is 5. The van der Waals surface area contributed by atoms with Crippen LogP contribution in [0.3, 0.4) is 0 Å². The molecule has 7 heteroatoms. The van der Waals surface area contributed by atoms with Crippen molar-refractivity contribution in [2.24, 2.45) is 11.8 Å². The van der Waals surface area contributed by atoms with Crippen LogP contribution in [0.2, 0.25) is 0 Å². The number of H-pyrrole nitrogens is 1. The monoisotopic (exact) mass is 355 g/mol. The Hall–Kier alpha value is -2.18. The average molecular weight is 355 g/mol. The van der Waals surface area contributed by atoms with Gasteiger partial charge in [-0.15, -0.1) is 0 Å². The van der Waals surface area contributed by atoms with Crippen molar-refractivity contribution in [3.8, 4) is 0 Å². The number of carbonyl (C=O) groups is 1. The first-order chi connectivity index (χ1) is 12.6. The molecule has 1 amide bonds. The second-order valence-corrected chi connectivity index (χ2v) is 8.39. The van der Waals surface area contributed by atoms with E-state index in [2.05, 4.69) is 29.0 Å². The summed E-state index contributed by atoms with van der Waals surface area (Å²) in [6, 6.07) is 0. The van der Waals surface area contributed by atoms with Gasteiger partial charge in [0.25, 0.3) is 5.91 Å². The number of aromatic nitrogens is 4. The Labute approximate surface area is 152 Å². The summed E-state index contributed by atoms with van der Waals surface area (Å²) in [5.74, 6) is 4.32. The molecule has 2 aromatic rings. The molecule has 0 unspecified atom stereocenters. The van der Waals surface area contributed by atoms with Crippen molar-refractivity contribution in [1.82, 2.24) is 25.1 Å². The topological polar surface area (TPSA) is 87.9 Å². The summed E-state index contributed by atoms with van der Waals surface area (Å²) < 4.78 is 5.49. The zero-order valence-corrected chi connectivity index (χ0v) is 15.3. The largest absolute Gasteiger partial charge is 0.438 e. The van der Waals surface area contributed by atoms with Crippen molar-refractivity contribution in [3.63, 3.8) is 0 Å². The molecule has 3 fully saturated rings. The van der Waals surface area contributed by atoms with E-state index in [0.29, 0.717) is 36.0 Å². The molecule has 0 bridgehead atoms. The predicted molar refractivity (Wildman–Crippen MR) is 93.8 cm³/mol. The van der Waals surface area contributed by atoms with Crippen LogP contribution in [-0.2, 0) is 0 Å². The fraction of sp³-hybridized carbons (Fsp3) is 0.684. The number of carbonyl (C=O) groups excluding carboxylic acids is 1. The predicted octanol–water partition coefficient (Wildman–Crippen LogP) is 3.06. The molecule has 3 heterocycles. The summed E-state index contributed by atoms with van der Waals surface area (Å²) in [5, 5.41) is 7.51. The molecule has 1 aliphatic heterocycles. The van der Waals surface area contributed by atoms with Gasteiger partial charge >= 0.3 is 0 Å². The Balaban J connectivity index is 1.39. The normalized spacial score (nSPS) is 26.0. The van der Waals surface area contributed by atoms with E-state index in [1.807, 2.05) is 4.90 Å². The van der Waals surface area contributed by atoms with Crippen molar-refractivity contribution in [2.75, 3.05) is 13.1 Å². The van der Waals surface area contributed by atoms with Gasteiger partial charge in [0.15, 0.2) is 12.2 Å². The maximum atomic E-state index is 13.1. The Morgan fingerprint density at radius 3 is 2.73 bits per heavy atom. The highest BCUT2D eigenvalue weighted by Gasteiger charge is 2.47. The summed E-state index contributed by atoms with van der Waals surface area (Å²) in [4.78, 5) is 24.0. The lowest BCUT2D eigenvalue weighted by molar-refractivity contribution is 0.0751. The first kappa shape index (κ1) is 16.0. The third-order valence-electron chi connectivity index (χ3n) is 6.02. The first-order valence-corrected chi connectivity index (χ1v) is 9.76. The van der Waals surface area contributed by atoms with Crippen molar-refractivity contribution in [2.45, 2.75) is 57.3 Å². The molecule has 0 aromatic carbocycles. The molecule has 138 valence electrons. The van der Waals surface area contributed by atoms with Crippen LogP contribution in [0.5, 0.6) is 0 Å². The second-order valence-electron chi connectivity index (χ2n) is 8.39. The van der Waals surface area contributed by atoms with Gasteiger partial charge in [-0.3, -0.25) is 9.89 Å². The van der Waals surface area contributed by atoms with Gasteiger partial charge in [0.2, 0.25) is 5.76 Å². The van der Waals surface area contributed by atoms with Gasteiger partial charge in [-0.1, -0.05) is 13.8 Å². The smallest absolute Gasteiger partial charge is 0.291 e. The number of amides is 1. The number of likely N-dealkylation sites (tertiary alicyclic amines) is 1. The van der Waals surface area contributed by atoms with E-state index < -0.39 is 0 Å². The fourth-order valence-corrected chi connectivity index (χ4v) is 4.20. The Morgan fingerprint density at radius 2 is 2.08 bits per heavy atom. The molecule has 0 radical (unpaired) electrons. The van der Waals surface area contributed by atoms with Crippen LogP contribution < -0.4 is 0 Å². The highest BCUT2D eigenvalue weighted by Crippen LogP contribution is 2.48. The van der Waals surface area contributed by atoms with E-state index in [0.717, 1.165) is 36.7 Å². The molecule has 2 aliphatic carbocycles. The van der Waals surface area contributed by atoms with E-state index in [1.165, 1.54) is 19.2 Å². The standard InChI is InChI=1S/C19H25N5O2/c1-10(2)17-21-18(23-22-17)14-8-24(7-13(14)11-3-4-11)19(25)16-15(12-5-6-12)20-9-26-16/h9-14H,3-8H2,1-2H3,(H,21,22,23)/t13-,14+/m1/s1. The fourth-order valence-electron chi connectivity index (χ4n) is 4.20. The number of nitrogens with one attached hydrogen (secondary N) is 1. The number of hydrogen-bond donors (Lipinski definition) is 1. The summed E-state index contributed by atoms with van der Waals surface area (Å²) in [5.41, 5.74) is 0.850. The van der Waals surface area contributed by atoms with Crippen LogP contribution in [0.15, 0.2) is 10.8 Å². The molecule has 1 saturated heterocycles. The molecule has 5 rings (SSSR count). The summed E-state index contributed by atoms with van der Waals surface area (Å²) in [7, 11) is 0. The Bertz CT molecular complexity index is 818. The molecule has 3 aliphatic rings. The number of hydrogen-bond acceptors (Lipinski definition) is 5. The van der Waals surface area contributed by atoms with Crippen LogP contribution in [0.4, 0.5) is 0 Å². The third kappa shape index (κ3) is 2.73. The highest BCUT2D eigenvalue weighted by atomic mass is 16.3. The minimum atomic E-state index is -0.0128. The minimum absolute atomic E-state index is 0.0128. The minimum Gasteiger partial charge on any atom is -0.438 e. The van der Waals surface area contributed by atoms with Crippen LogP contribution in [-0.4, -0.2) is 44.1 Å². The molecular formula is C19H25N5O2. The third-order valence-corrected chi connectivity index (χ3v) is 6.02. The SMILES string of the molecule is CC(C)c1n[nH]c([C@H]2CN(C(=O)c3ocnc3C3CC3)C[C@@H]2C2CC2)n1. The molecule has 2 saturated carbocycles. The summed E-state index contributed by atoms with van der Waals surface area (Å²) in [6.07, 6.45) is 6.14. The van der Waals surface area contributed by atoms with Gasteiger partial charge in [-0.25, -0.2) is 9.97 Å². The van der Waals surface area contributed by atoms with Gasteiger partial charge in [0.1, 0.15) is 5.82 Å². The van der Waals surface area contributed by atoms with Crippen molar-refractivity contribution in [1.29, 1.82) is 0 Å². The summed E-state index contributed by atoms with van der Waals surface area (Å²) in [6.45, 7) is 5.65. The quantitative estimate of drug-likeness (QED) is 0.890. The van der Waals surface area contributed by atoms with Gasteiger partial charge < -0.3 is 9.32 Å². The van der Waals surface area contributed by atoms with E-state index in [4.69, 9.17) is 9.40 Å². The lowest BCUT2D eigenvalue weighted by Crippen LogP contribution is -2.29. The first-order valence-electron chi connectivity index (χ1n) is 9.76. The van der Waals surface area contributed by atoms with Crippen LogP contribution in [0.25, 0.3) is 0 Å². The zero-order valence-electron chi connectivity index (χ0n) is 15.3. The van der Waals surface area contributed by atoms with E-state index in [-0.39, 0.29) is 11.8 Å². The van der Waals surface area contributed by atoms with Crippen molar-refractivity contribution < 1.29 is 9.21 Å². The van der Waals surface area contributed by atoms with Crippen LogP contribution in [0, 0.1) is 11.8 Å². The Kier molecular flexibility index (Phi) is 3.65. The van der Waals surface area contributed by atoms with Gasteiger partial charge in [0.05, 0.1) is 5.69 Å². The van der Waals surface area contributed by atoms with E-state index in [1.54, 1.807) is 0 Å². The molecule has 0 spiro atoms. The molecule has 26 heavy (non-hydrogen) atoms. The molecule has 7 nitrogen and oxygen atoms in total. The van der Waals surface area contributed by atoms with E-state index >= 15 is 0 Å². The maximum absolute atomic E-state index is 13.1. The highest BCUT2D eigenvalue weighted by molar-refractivity contribution is 5.93. The molecule has 2 aromatic heterocycles. The number of aromatic amines is 1. The zero-order chi connectivity index (χ0) is 17.8. The lowest BCUT2D eigenvalue weighted by atomic mass is 9.91. The average Bonchev–Trinajstić information content (AvgIpc) is 3.50. The van der Waals surface area contributed by atoms with Crippen molar-refractivity contribution >= 4 is 5.91 Å². The second kappa shape index (κ2) is 5.93. The lowest BCUT2D eigenvalue weighted by Gasteiger charge is -2.15. The number of nitrogens with zero attached hydrogens (tertiary/aromatic N) is 4. The van der Waals surface area contributed by atoms with Gasteiger partial charge in [-0.2, -0.15) is 5.10 Å². The Morgan fingerprint density at radius 1 is 1.27 bits per heavy atom. The van der Waals surface area contributed by atoms with E-state index in [9.17, 15) is 4.79 Å². The van der Waals surface area contributed by atoms with Crippen LogP contribution in [0.1, 0.15) is 85.2 Å². The van der Waals surface area contributed by atoms with Crippen LogP contribution >= 0.6 is 0 Å². The summed E-state index contributed by atoms with van der Waals surface area (Å²) >= 11 is 0. The molecular weight excluding hydrogens is 330 g/mol. The van der Waals surface area contributed by atoms with Gasteiger partial charge in [0, 0.05) is 30.8 Å². The maximum Gasteiger partial charge on any atom is 0.291 e. The molecule has 1 N–H and O–H groups in total. The molecule has 2 atom stereocenters.